The molecule has 0 aliphatic carbocycles. The average Bonchev–Trinajstić information content (AvgIpc) is 2.37. The van der Waals surface area contributed by atoms with E-state index in [0.717, 1.165) is 23.6 Å². The molecule has 0 radical (unpaired) electrons. The van der Waals surface area contributed by atoms with Gasteiger partial charge in [0, 0.05) is 18.8 Å². The number of nitrogens with one attached hydrogen (secondary N) is 2. The van der Waals surface area contributed by atoms with Gasteiger partial charge in [0.2, 0.25) is 5.91 Å². The second-order valence-electron chi connectivity index (χ2n) is 3.64. The fraction of sp³-hybridized carbons (Fsp3) is 0.462. The van der Waals surface area contributed by atoms with Crippen LogP contribution in [0.15, 0.2) is 30.3 Å². The van der Waals surface area contributed by atoms with Gasteiger partial charge in [-0.3, -0.25) is 4.79 Å². The Hall–Kier alpha value is -1.00. The van der Waals surface area contributed by atoms with E-state index in [4.69, 9.17) is 0 Å². The molecular weight excluding hydrogens is 232 g/mol. The summed E-state index contributed by atoms with van der Waals surface area (Å²) in [5, 5.41) is 6.00. The molecule has 0 heterocycles. The summed E-state index contributed by atoms with van der Waals surface area (Å²) in [6.45, 7) is 4.02. The van der Waals surface area contributed by atoms with Crippen LogP contribution >= 0.6 is 11.8 Å². The number of amides is 1. The molecule has 1 aromatic rings. The van der Waals surface area contributed by atoms with Crippen molar-refractivity contribution in [2.45, 2.75) is 13.5 Å². The molecule has 4 heteroatoms. The summed E-state index contributed by atoms with van der Waals surface area (Å²) in [6, 6.07) is 9.93. The lowest BCUT2D eigenvalue weighted by Crippen LogP contribution is -2.34. The van der Waals surface area contributed by atoms with Crippen LogP contribution in [0.25, 0.3) is 0 Å². The topological polar surface area (TPSA) is 41.1 Å². The minimum atomic E-state index is 0.0513. The molecule has 1 rings (SSSR count). The van der Waals surface area contributed by atoms with Crippen molar-refractivity contribution in [2.24, 2.45) is 0 Å². The van der Waals surface area contributed by atoms with Gasteiger partial charge in [0.15, 0.2) is 0 Å². The zero-order chi connectivity index (χ0) is 12.3. The van der Waals surface area contributed by atoms with Gasteiger partial charge in [0.1, 0.15) is 0 Å². The number of rotatable bonds is 8. The Balaban J connectivity index is 2.05. The van der Waals surface area contributed by atoms with Crippen molar-refractivity contribution < 1.29 is 4.79 Å². The third-order valence-corrected chi connectivity index (χ3v) is 3.15. The second-order valence-corrected chi connectivity index (χ2v) is 5.03. The molecule has 2 N–H and O–H groups in total. The fourth-order valence-corrected chi connectivity index (χ4v) is 1.93. The zero-order valence-electron chi connectivity index (χ0n) is 10.2. The lowest BCUT2D eigenvalue weighted by molar-refractivity contribution is -0.120. The van der Waals surface area contributed by atoms with Crippen molar-refractivity contribution in [3.63, 3.8) is 0 Å². The molecule has 0 spiro atoms. The summed E-state index contributed by atoms with van der Waals surface area (Å²) in [5.74, 6) is 2.24. The van der Waals surface area contributed by atoms with E-state index in [-0.39, 0.29) is 5.91 Å². The number of thioether (sulfide) groups is 1. The molecule has 0 saturated carbocycles. The van der Waals surface area contributed by atoms with Gasteiger partial charge in [-0.15, -0.1) is 0 Å². The maximum atomic E-state index is 11.5. The molecule has 1 aromatic carbocycles. The molecule has 0 saturated heterocycles. The third-order valence-electron chi connectivity index (χ3n) is 2.25. The number of hydrogen-bond acceptors (Lipinski definition) is 3. The first-order valence-electron chi connectivity index (χ1n) is 5.92. The SMILES string of the molecule is CCSCCNCC(=O)NCc1ccccc1. The highest BCUT2D eigenvalue weighted by Crippen LogP contribution is 1.97. The van der Waals surface area contributed by atoms with Gasteiger partial charge in [-0.2, -0.15) is 11.8 Å². The second kappa shape index (κ2) is 9.07. The molecule has 0 aromatic heterocycles. The monoisotopic (exact) mass is 252 g/mol. The fourth-order valence-electron chi connectivity index (χ4n) is 1.35. The van der Waals surface area contributed by atoms with E-state index < -0.39 is 0 Å². The minimum Gasteiger partial charge on any atom is -0.351 e. The van der Waals surface area contributed by atoms with E-state index in [1.807, 2.05) is 42.1 Å². The van der Waals surface area contributed by atoms with Gasteiger partial charge in [-0.05, 0) is 11.3 Å². The molecule has 0 fully saturated rings. The summed E-state index contributed by atoms with van der Waals surface area (Å²) >= 11 is 1.88. The highest BCUT2D eigenvalue weighted by atomic mass is 32.2. The van der Waals surface area contributed by atoms with Gasteiger partial charge in [-0.25, -0.2) is 0 Å². The Bertz CT molecular complexity index is 316. The molecule has 1 amide bonds. The van der Waals surface area contributed by atoms with Crippen LogP contribution in [-0.2, 0) is 11.3 Å². The maximum absolute atomic E-state index is 11.5. The van der Waals surface area contributed by atoms with Crippen molar-refractivity contribution in [1.82, 2.24) is 10.6 Å². The van der Waals surface area contributed by atoms with Crippen LogP contribution in [-0.4, -0.2) is 30.5 Å². The number of hydrogen-bond donors (Lipinski definition) is 2. The first-order chi connectivity index (χ1) is 8.33. The molecule has 0 aliphatic heterocycles. The largest absolute Gasteiger partial charge is 0.351 e. The lowest BCUT2D eigenvalue weighted by atomic mass is 10.2. The highest BCUT2D eigenvalue weighted by Gasteiger charge is 1.99. The molecule has 17 heavy (non-hydrogen) atoms. The third kappa shape index (κ3) is 7.02. The molecule has 94 valence electrons. The van der Waals surface area contributed by atoms with Crippen LogP contribution in [0.1, 0.15) is 12.5 Å². The van der Waals surface area contributed by atoms with Crippen molar-refractivity contribution in [2.75, 3.05) is 24.6 Å². The van der Waals surface area contributed by atoms with E-state index in [1.165, 1.54) is 0 Å². The van der Waals surface area contributed by atoms with Crippen LogP contribution < -0.4 is 10.6 Å². The van der Waals surface area contributed by atoms with Gasteiger partial charge in [-0.1, -0.05) is 37.3 Å². The van der Waals surface area contributed by atoms with Crippen molar-refractivity contribution in [3.8, 4) is 0 Å². The lowest BCUT2D eigenvalue weighted by Gasteiger charge is -2.06. The van der Waals surface area contributed by atoms with Crippen molar-refractivity contribution in [1.29, 1.82) is 0 Å². The maximum Gasteiger partial charge on any atom is 0.234 e. The summed E-state index contributed by atoms with van der Waals surface area (Å²) < 4.78 is 0. The molecular formula is C13H20N2OS. The predicted molar refractivity (Wildman–Crippen MR) is 74.2 cm³/mol. The van der Waals surface area contributed by atoms with E-state index in [1.54, 1.807) is 0 Å². The number of benzene rings is 1. The normalized spacial score (nSPS) is 10.2. The van der Waals surface area contributed by atoms with Crippen LogP contribution in [0, 0.1) is 0 Å². The number of carbonyl (C=O) groups is 1. The van der Waals surface area contributed by atoms with Crippen molar-refractivity contribution >= 4 is 17.7 Å². The zero-order valence-corrected chi connectivity index (χ0v) is 11.1. The van der Waals surface area contributed by atoms with Crippen LogP contribution in [0.3, 0.4) is 0 Å². The van der Waals surface area contributed by atoms with Crippen molar-refractivity contribution in [3.05, 3.63) is 35.9 Å². The van der Waals surface area contributed by atoms with E-state index in [9.17, 15) is 4.79 Å². The first-order valence-corrected chi connectivity index (χ1v) is 7.07. The van der Waals surface area contributed by atoms with E-state index >= 15 is 0 Å². The van der Waals surface area contributed by atoms with E-state index in [2.05, 4.69) is 17.6 Å². The highest BCUT2D eigenvalue weighted by molar-refractivity contribution is 7.99. The minimum absolute atomic E-state index is 0.0513. The predicted octanol–water partition coefficient (Wildman–Crippen LogP) is 1.65. The molecule has 0 bridgehead atoms. The van der Waals surface area contributed by atoms with Crippen LogP contribution in [0.4, 0.5) is 0 Å². The average molecular weight is 252 g/mol. The van der Waals surface area contributed by atoms with Crippen LogP contribution in [0.5, 0.6) is 0 Å². The van der Waals surface area contributed by atoms with Gasteiger partial charge >= 0.3 is 0 Å². The van der Waals surface area contributed by atoms with Gasteiger partial charge in [0.05, 0.1) is 6.54 Å². The molecule has 0 unspecified atom stereocenters. The smallest absolute Gasteiger partial charge is 0.234 e. The molecule has 0 aliphatic rings. The Morgan fingerprint density at radius 2 is 2.06 bits per heavy atom. The van der Waals surface area contributed by atoms with E-state index in [0.29, 0.717) is 13.1 Å². The summed E-state index contributed by atoms with van der Waals surface area (Å²) in [5.41, 5.74) is 1.13. The quantitative estimate of drug-likeness (QED) is 0.691. The molecule has 0 atom stereocenters. The van der Waals surface area contributed by atoms with Gasteiger partial charge < -0.3 is 10.6 Å². The summed E-state index contributed by atoms with van der Waals surface area (Å²) in [4.78, 5) is 11.5. The Labute approximate surface area is 107 Å². The summed E-state index contributed by atoms with van der Waals surface area (Å²) in [7, 11) is 0. The molecule has 3 nitrogen and oxygen atoms in total. The number of carbonyl (C=O) groups excluding carboxylic acids is 1. The Morgan fingerprint density at radius 1 is 1.29 bits per heavy atom. The summed E-state index contributed by atoms with van der Waals surface area (Å²) in [6.07, 6.45) is 0. The Morgan fingerprint density at radius 3 is 2.76 bits per heavy atom. The van der Waals surface area contributed by atoms with Crippen LogP contribution in [0.2, 0.25) is 0 Å². The standard InChI is InChI=1S/C13H20N2OS/c1-2-17-9-8-14-11-13(16)15-10-12-6-4-3-5-7-12/h3-7,14H,2,8-11H2,1H3,(H,15,16). The first kappa shape index (κ1) is 14.1. The van der Waals surface area contributed by atoms with Gasteiger partial charge in [0.25, 0.3) is 0 Å². The Kier molecular flexibility index (Phi) is 7.51.